The van der Waals surface area contributed by atoms with Gasteiger partial charge in [0, 0.05) is 13.1 Å². The Kier molecular flexibility index (Phi) is 2.79. The van der Waals surface area contributed by atoms with Crippen LogP contribution in [0, 0.1) is 6.92 Å². The molecule has 1 aliphatic heterocycles. The highest BCUT2D eigenvalue weighted by atomic mass is 32.2. The first kappa shape index (κ1) is 9.34. The number of hydrogen-bond donors (Lipinski definition) is 1. The lowest BCUT2D eigenvalue weighted by atomic mass is 10.1. The Morgan fingerprint density at radius 2 is 2.00 bits per heavy atom. The number of piperidine rings is 1. The normalized spacial score (nSPS) is 17.8. The second kappa shape index (κ2) is 3.88. The monoisotopic (exact) mass is 214 g/mol. The second-order valence-corrected chi connectivity index (χ2v) is 5.16. The van der Waals surface area contributed by atoms with Crippen LogP contribution in [0.2, 0.25) is 0 Å². The first-order valence-electron chi connectivity index (χ1n) is 4.69. The summed E-state index contributed by atoms with van der Waals surface area (Å²) in [5.74, 6) is 0. The minimum absolute atomic E-state index is 1.06. The van der Waals surface area contributed by atoms with Crippen LogP contribution in [-0.2, 0) is 0 Å². The summed E-state index contributed by atoms with van der Waals surface area (Å²) < 4.78 is 1.06. The van der Waals surface area contributed by atoms with Gasteiger partial charge in [0.15, 0.2) is 5.13 Å². The van der Waals surface area contributed by atoms with Gasteiger partial charge in [-0.1, -0.05) is 11.3 Å². The Bertz CT molecular complexity index is 270. The molecule has 13 heavy (non-hydrogen) atoms. The van der Waals surface area contributed by atoms with Crippen LogP contribution in [0.1, 0.15) is 25.0 Å². The largest absolute Gasteiger partial charge is 0.348 e. The molecule has 0 amide bonds. The van der Waals surface area contributed by atoms with Gasteiger partial charge >= 0.3 is 0 Å². The van der Waals surface area contributed by atoms with Crippen LogP contribution < -0.4 is 4.90 Å². The summed E-state index contributed by atoms with van der Waals surface area (Å²) in [5, 5.41) is 1.15. The molecule has 72 valence electrons. The van der Waals surface area contributed by atoms with Crippen molar-refractivity contribution >= 4 is 29.1 Å². The van der Waals surface area contributed by atoms with E-state index in [4.69, 9.17) is 0 Å². The third kappa shape index (κ3) is 1.99. The first-order chi connectivity index (χ1) is 6.27. The van der Waals surface area contributed by atoms with E-state index in [2.05, 4.69) is 22.5 Å². The Labute approximate surface area is 88.4 Å². The minimum Gasteiger partial charge on any atom is -0.348 e. The third-order valence-electron chi connectivity index (χ3n) is 2.39. The zero-order valence-corrected chi connectivity index (χ0v) is 9.50. The topological polar surface area (TPSA) is 16.1 Å². The van der Waals surface area contributed by atoms with Gasteiger partial charge in [-0.3, -0.25) is 0 Å². The molecule has 0 spiro atoms. The molecule has 1 fully saturated rings. The quantitative estimate of drug-likeness (QED) is 0.724. The lowest BCUT2D eigenvalue weighted by Crippen LogP contribution is -2.29. The molecular weight excluding hydrogens is 200 g/mol. The second-order valence-electron chi connectivity index (χ2n) is 3.43. The molecule has 0 N–H and O–H groups in total. The molecule has 0 aromatic carbocycles. The molecule has 2 nitrogen and oxygen atoms in total. The maximum absolute atomic E-state index is 4.50. The number of nitrogens with zero attached hydrogens (tertiary/aromatic N) is 2. The Balaban J connectivity index is 2.14. The highest BCUT2D eigenvalue weighted by molar-refractivity contribution is 7.83. The molecule has 1 aliphatic rings. The van der Waals surface area contributed by atoms with Crippen LogP contribution in [0.15, 0.2) is 4.21 Å². The molecular formula is C9H14N2S2. The predicted octanol–water partition coefficient (Wildman–Crippen LogP) is 2.73. The van der Waals surface area contributed by atoms with E-state index in [1.54, 1.807) is 11.3 Å². The first-order valence-corrected chi connectivity index (χ1v) is 5.95. The van der Waals surface area contributed by atoms with Crippen molar-refractivity contribution in [2.75, 3.05) is 18.0 Å². The van der Waals surface area contributed by atoms with Gasteiger partial charge in [-0.15, -0.1) is 12.6 Å². The zero-order chi connectivity index (χ0) is 9.26. The predicted molar refractivity (Wildman–Crippen MR) is 60.2 cm³/mol. The van der Waals surface area contributed by atoms with Crippen molar-refractivity contribution in [2.24, 2.45) is 0 Å². The maximum Gasteiger partial charge on any atom is 0.186 e. The third-order valence-corrected chi connectivity index (χ3v) is 4.01. The molecule has 0 radical (unpaired) electrons. The van der Waals surface area contributed by atoms with Gasteiger partial charge in [0.05, 0.1) is 9.90 Å². The Hall–Kier alpha value is -0.220. The summed E-state index contributed by atoms with van der Waals surface area (Å²) in [6.07, 6.45) is 3.98. The van der Waals surface area contributed by atoms with E-state index in [1.807, 2.05) is 6.92 Å². The lowest BCUT2D eigenvalue weighted by Gasteiger charge is -2.25. The highest BCUT2D eigenvalue weighted by Crippen LogP contribution is 2.30. The standard InChI is InChI=1S/C9H14N2S2/c1-7-8(12)13-9(10-7)11-5-3-2-4-6-11/h12H,2-6H2,1H3. The SMILES string of the molecule is Cc1nc(N2CCCCC2)sc1S. The van der Waals surface area contributed by atoms with Gasteiger partial charge in [-0.05, 0) is 26.2 Å². The van der Waals surface area contributed by atoms with Crippen molar-refractivity contribution in [3.05, 3.63) is 5.69 Å². The van der Waals surface area contributed by atoms with Crippen LogP contribution in [0.5, 0.6) is 0 Å². The van der Waals surface area contributed by atoms with Gasteiger partial charge in [0.25, 0.3) is 0 Å². The van der Waals surface area contributed by atoms with Crippen molar-refractivity contribution in [1.82, 2.24) is 4.98 Å². The average Bonchev–Trinajstić information content (AvgIpc) is 2.49. The van der Waals surface area contributed by atoms with Crippen molar-refractivity contribution in [3.8, 4) is 0 Å². The number of aromatic nitrogens is 1. The molecule has 0 atom stereocenters. The summed E-state index contributed by atoms with van der Waals surface area (Å²) in [6.45, 7) is 4.35. The van der Waals surface area contributed by atoms with Crippen molar-refractivity contribution < 1.29 is 0 Å². The van der Waals surface area contributed by atoms with Crippen LogP contribution in [0.3, 0.4) is 0 Å². The minimum atomic E-state index is 1.06. The number of hydrogen-bond acceptors (Lipinski definition) is 4. The van der Waals surface area contributed by atoms with Crippen LogP contribution >= 0.6 is 24.0 Å². The number of thiol groups is 1. The van der Waals surface area contributed by atoms with E-state index in [1.165, 1.54) is 32.4 Å². The summed E-state index contributed by atoms with van der Waals surface area (Å²) in [7, 11) is 0. The number of aryl methyl sites for hydroxylation is 1. The fourth-order valence-electron chi connectivity index (χ4n) is 1.59. The number of thiazole rings is 1. The van der Waals surface area contributed by atoms with E-state index >= 15 is 0 Å². The van der Waals surface area contributed by atoms with E-state index in [9.17, 15) is 0 Å². The molecule has 0 bridgehead atoms. The fraction of sp³-hybridized carbons (Fsp3) is 0.667. The highest BCUT2D eigenvalue weighted by Gasteiger charge is 2.14. The summed E-state index contributed by atoms with van der Waals surface area (Å²) in [6, 6.07) is 0. The summed E-state index contributed by atoms with van der Waals surface area (Å²) >= 11 is 6.07. The molecule has 0 unspecified atom stereocenters. The molecule has 2 rings (SSSR count). The van der Waals surface area contributed by atoms with Crippen molar-refractivity contribution in [2.45, 2.75) is 30.4 Å². The summed E-state index contributed by atoms with van der Waals surface area (Å²) in [5.41, 5.74) is 1.06. The summed E-state index contributed by atoms with van der Waals surface area (Å²) in [4.78, 5) is 6.88. The maximum atomic E-state index is 4.50. The van der Waals surface area contributed by atoms with Crippen molar-refractivity contribution in [3.63, 3.8) is 0 Å². The molecule has 1 saturated heterocycles. The van der Waals surface area contributed by atoms with Gasteiger partial charge in [-0.2, -0.15) is 0 Å². The molecule has 2 heterocycles. The van der Waals surface area contributed by atoms with Crippen LogP contribution in [0.4, 0.5) is 5.13 Å². The zero-order valence-electron chi connectivity index (χ0n) is 7.79. The van der Waals surface area contributed by atoms with Gasteiger partial charge < -0.3 is 4.90 Å². The van der Waals surface area contributed by atoms with Crippen LogP contribution in [0.25, 0.3) is 0 Å². The molecule has 1 aromatic rings. The lowest BCUT2D eigenvalue weighted by molar-refractivity contribution is 0.576. The molecule has 4 heteroatoms. The number of rotatable bonds is 1. The Morgan fingerprint density at radius 3 is 2.54 bits per heavy atom. The molecule has 0 aliphatic carbocycles. The number of anilines is 1. The van der Waals surface area contributed by atoms with E-state index in [-0.39, 0.29) is 0 Å². The average molecular weight is 214 g/mol. The van der Waals surface area contributed by atoms with Gasteiger partial charge in [0.2, 0.25) is 0 Å². The molecule has 0 saturated carbocycles. The molecule has 1 aromatic heterocycles. The van der Waals surface area contributed by atoms with Crippen LogP contribution in [-0.4, -0.2) is 18.1 Å². The van der Waals surface area contributed by atoms with E-state index in [0.29, 0.717) is 0 Å². The fourth-order valence-corrected chi connectivity index (χ4v) is 2.75. The van der Waals surface area contributed by atoms with Gasteiger partial charge in [-0.25, -0.2) is 4.98 Å². The van der Waals surface area contributed by atoms with Crippen molar-refractivity contribution in [1.29, 1.82) is 0 Å². The van der Waals surface area contributed by atoms with E-state index in [0.717, 1.165) is 15.0 Å². The Morgan fingerprint density at radius 1 is 1.31 bits per heavy atom. The van der Waals surface area contributed by atoms with E-state index < -0.39 is 0 Å². The smallest absolute Gasteiger partial charge is 0.186 e. The van der Waals surface area contributed by atoms with Gasteiger partial charge in [0.1, 0.15) is 0 Å².